The van der Waals surface area contributed by atoms with Crippen LogP contribution in [-0.4, -0.2) is 51.7 Å². The molecule has 2 saturated heterocycles. The van der Waals surface area contributed by atoms with Crippen molar-refractivity contribution >= 4 is 16.8 Å². The summed E-state index contributed by atoms with van der Waals surface area (Å²) in [5, 5.41) is 24.5. The number of piperidine rings is 2. The van der Waals surface area contributed by atoms with Gasteiger partial charge in [0.15, 0.2) is 0 Å². The summed E-state index contributed by atoms with van der Waals surface area (Å²) in [5.41, 5.74) is -0.205. The number of nitrogens with zero attached hydrogens (tertiary/aromatic N) is 2. The van der Waals surface area contributed by atoms with Crippen molar-refractivity contribution < 1.29 is 28.2 Å². The van der Waals surface area contributed by atoms with Crippen LogP contribution in [0.1, 0.15) is 74.1 Å². The normalized spacial score (nSPS) is 27.7. The van der Waals surface area contributed by atoms with Gasteiger partial charge in [-0.05, 0) is 60.9 Å². The van der Waals surface area contributed by atoms with Gasteiger partial charge < -0.3 is 15.5 Å². The first-order valence-corrected chi connectivity index (χ1v) is 14.3. The summed E-state index contributed by atoms with van der Waals surface area (Å²) < 4.78 is 43.2. The Morgan fingerprint density at radius 2 is 1.83 bits per heavy atom. The number of rotatable bonds is 6. The third-order valence-electron chi connectivity index (χ3n) is 9.69. The van der Waals surface area contributed by atoms with Crippen molar-refractivity contribution in [1.29, 1.82) is 0 Å². The molecule has 3 heterocycles. The molecule has 2 aromatic carbocycles. The van der Waals surface area contributed by atoms with Crippen LogP contribution in [0.2, 0.25) is 0 Å². The number of nitrogens with one attached hydrogen (secondary N) is 1. The molecule has 1 aliphatic carbocycles. The van der Waals surface area contributed by atoms with Crippen LogP contribution in [0.3, 0.4) is 0 Å². The molecule has 1 saturated carbocycles. The Bertz CT molecular complexity index is 1470. The molecule has 0 bridgehead atoms. The molecule has 3 aromatic rings. The summed E-state index contributed by atoms with van der Waals surface area (Å²) in [6, 6.07) is 12.4. The molecule has 3 aliphatic rings. The average molecular weight is 568 g/mol. The maximum atomic E-state index is 16.2. The quantitative estimate of drug-likeness (QED) is 0.386. The van der Waals surface area contributed by atoms with Gasteiger partial charge >= 0.3 is 0 Å². The van der Waals surface area contributed by atoms with Gasteiger partial charge in [-0.2, -0.15) is 0 Å². The fourth-order valence-corrected chi connectivity index (χ4v) is 6.83. The number of hydrogen-bond acceptors (Lipinski definition) is 5. The lowest BCUT2D eigenvalue weighted by Crippen LogP contribution is -2.55. The summed E-state index contributed by atoms with van der Waals surface area (Å²) in [4.78, 5) is 19.1. The SMILES string of the molecule is CC1(C)CN(Cc2ccc(C3(C(F)F)CC3)cc2)CCC1(O)c1ccc2ncc(C3CCC(O)NC3=O)cc2c1F. The highest BCUT2D eigenvalue weighted by Crippen LogP contribution is 2.53. The van der Waals surface area contributed by atoms with E-state index in [2.05, 4.69) is 15.2 Å². The fraction of sp³-hybridized carbons (Fsp3) is 0.500. The summed E-state index contributed by atoms with van der Waals surface area (Å²) in [6.07, 6.45) is 0.532. The zero-order valence-electron chi connectivity index (χ0n) is 23.3. The van der Waals surface area contributed by atoms with Crippen molar-refractivity contribution in [2.45, 2.75) is 82.1 Å². The zero-order valence-corrected chi connectivity index (χ0v) is 23.3. The van der Waals surface area contributed by atoms with Gasteiger partial charge in [0.1, 0.15) is 12.0 Å². The van der Waals surface area contributed by atoms with Gasteiger partial charge in [0.05, 0.1) is 22.5 Å². The second-order valence-electron chi connectivity index (χ2n) is 12.8. The Hall–Kier alpha value is -3.01. The second-order valence-corrected chi connectivity index (χ2v) is 12.8. The minimum Gasteiger partial charge on any atom is -0.384 e. The van der Waals surface area contributed by atoms with E-state index in [1.807, 2.05) is 38.1 Å². The van der Waals surface area contributed by atoms with E-state index in [0.717, 1.165) is 5.56 Å². The standard InChI is InChI=1S/C32H36F3N3O3/c1-30(2)18-38(17-19-3-5-21(6-4-19)31(11-12-31)29(34)35)14-13-32(30,41)24-8-9-25-23(27(24)33)15-20(16-36-25)22-7-10-26(39)37-28(22)40/h3-6,8-9,15-16,22,26,29,39,41H,7,10-14,17-18H2,1-2H3,(H,37,40). The number of hydrogen-bond donors (Lipinski definition) is 3. The van der Waals surface area contributed by atoms with Crippen molar-refractivity contribution in [3.8, 4) is 0 Å². The van der Waals surface area contributed by atoms with Crippen LogP contribution >= 0.6 is 0 Å². The number of likely N-dealkylation sites (tertiary alicyclic amines) is 1. The molecule has 6 nitrogen and oxygen atoms in total. The van der Waals surface area contributed by atoms with Crippen LogP contribution in [-0.2, 0) is 22.4 Å². The topological polar surface area (TPSA) is 85.7 Å². The average Bonchev–Trinajstić information content (AvgIpc) is 3.74. The monoisotopic (exact) mass is 567 g/mol. The highest BCUT2D eigenvalue weighted by atomic mass is 19.3. The molecular weight excluding hydrogens is 531 g/mol. The zero-order chi connectivity index (χ0) is 29.2. The highest BCUT2D eigenvalue weighted by Gasteiger charge is 2.52. The smallest absolute Gasteiger partial charge is 0.248 e. The highest BCUT2D eigenvalue weighted by molar-refractivity contribution is 5.87. The van der Waals surface area contributed by atoms with Crippen LogP contribution in [0.25, 0.3) is 10.9 Å². The lowest BCUT2D eigenvalue weighted by molar-refractivity contribution is -0.128. The van der Waals surface area contributed by atoms with Gasteiger partial charge in [-0.1, -0.05) is 44.2 Å². The predicted molar refractivity (Wildman–Crippen MR) is 149 cm³/mol. The van der Waals surface area contributed by atoms with Crippen LogP contribution in [0.5, 0.6) is 0 Å². The van der Waals surface area contributed by atoms with E-state index in [0.29, 0.717) is 68.4 Å². The molecular formula is C32H36F3N3O3. The van der Waals surface area contributed by atoms with E-state index in [9.17, 15) is 23.8 Å². The molecule has 1 amide bonds. The van der Waals surface area contributed by atoms with E-state index in [1.54, 1.807) is 24.4 Å². The number of halogens is 3. The molecule has 3 atom stereocenters. The molecule has 41 heavy (non-hydrogen) atoms. The minimum absolute atomic E-state index is 0.211. The van der Waals surface area contributed by atoms with Crippen LogP contribution in [0.15, 0.2) is 48.7 Å². The predicted octanol–water partition coefficient (Wildman–Crippen LogP) is 5.10. The molecule has 0 spiro atoms. The number of aromatic nitrogens is 1. The number of carbonyl (C=O) groups excluding carboxylic acids is 1. The third-order valence-corrected chi connectivity index (χ3v) is 9.69. The third kappa shape index (κ3) is 4.81. The molecule has 9 heteroatoms. The van der Waals surface area contributed by atoms with Crippen molar-refractivity contribution in [1.82, 2.24) is 15.2 Å². The van der Waals surface area contributed by atoms with Crippen molar-refractivity contribution in [3.05, 3.63) is 76.7 Å². The van der Waals surface area contributed by atoms with E-state index >= 15 is 4.39 Å². The Balaban J connectivity index is 1.22. The molecule has 1 aromatic heterocycles. The van der Waals surface area contributed by atoms with E-state index in [4.69, 9.17) is 0 Å². The van der Waals surface area contributed by atoms with Crippen molar-refractivity contribution in [3.63, 3.8) is 0 Å². The van der Waals surface area contributed by atoms with Crippen LogP contribution < -0.4 is 5.32 Å². The summed E-state index contributed by atoms with van der Waals surface area (Å²) in [6.45, 7) is 5.50. The molecule has 3 fully saturated rings. The number of carbonyl (C=O) groups is 1. The Morgan fingerprint density at radius 3 is 2.46 bits per heavy atom. The Labute approximate surface area is 237 Å². The maximum absolute atomic E-state index is 16.2. The van der Waals surface area contributed by atoms with E-state index in [-0.39, 0.29) is 16.9 Å². The van der Waals surface area contributed by atoms with Crippen LogP contribution in [0.4, 0.5) is 13.2 Å². The summed E-state index contributed by atoms with van der Waals surface area (Å²) in [5.74, 6) is -1.38. The molecule has 2 aliphatic heterocycles. The molecule has 3 N–H and O–H groups in total. The molecule has 3 unspecified atom stereocenters. The number of amides is 1. The van der Waals surface area contributed by atoms with E-state index in [1.165, 1.54) is 0 Å². The van der Waals surface area contributed by atoms with Crippen molar-refractivity contribution in [2.75, 3.05) is 13.1 Å². The Morgan fingerprint density at radius 1 is 1.10 bits per heavy atom. The largest absolute Gasteiger partial charge is 0.384 e. The van der Waals surface area contributed by atoms with Gasteiger partial charge in [-0.3, -0.25) is 14.7 Å². The summed E-state index contributed by atoms with van der Waals surface area (Å²) >= 11 is 0. The number of fused-ring (bicyclic) bond motifs is 1. The number of aliphatic hydroxyl groups is 2. The second kappa shape index (κ2) is 10.1. The molecule has 218 valence electrons. The Kier molecular flexibility index (Phi) is 6.91. The van der Waals surface area contributed by atoms with E-state index < -0.39 is 40.8 Å². The number of pyridine rings is 1. The number of alkyl halides is 2. The molecule has 0 radical (unpaired) electrons. The lowest BCUT2D eigenvalue weighted by atomic mass is 9.66. The van der Waals surface area contributed by atoms with Gasteiger partial charge in [0, 0.05) is 42.2 Å². The van der Waals surface area contributed by atoms with Gasteiger partial charge in [0.25, 0.3) is 0 Å². The van der Waals surface area contributed by atoms with Gasteiger partial charge in [0.2, 0.25) is 12.3 Å². The van der Waals surface area contributed by atoms with Crippen LogP contribution in [0, 0.1) is 11.2 Å². The number of benzene rings is 2. The maximum Gasteiger partial charge on any atom is 0.248 e. The first-order chi connectivity index (χ1) is 19.4. The van der Waals surface area contributed by atoms with Gasteiger partial charge in [-0.25, -0.2) is 13.2 Å². The van der Waals surface area contributed by atoms with Crippen molar-refractivity contribution in [2.24, 2.45) is 5.41 Å². The van der Waals surface area contributed by atoms with Gasteiger partial charge in [-0.15, -0.1) is 0 Å². The fourth-order valence-electron chi connectivity index (χ4n) is 6.83. The summed E-state index contributed by atoms with van der Waals surface area (Å²) in [7, 11) is 0. The minimum atomic E-state index is -2.35. The number of aliphatic hydroxyl groups excluding tert-OH is 1. The lowest BCUT2D eigenvalue weighted by Gasteiger charge is -2.50. The first-order valence-electron chi connectivity index (χ1n) is 14.3. The molecule has 6 rings (SSSR count). The first kappa shape index (κ1) is 28.1.